The molecule has 0 unspecified atom stereocenters. The molecule has 4 nitrogen and oxygen atoms in total. The number of hydrogen-bond acceptors (Lipinski definition) is 4. The monoisotopic (exact) mass is 249 g/mol. The fraction of sp³-hybridized carbons (Fsp3) is 0.714. The Morgan fingerprint density at radius 2 is 2.00 bits per heavy atom. The van der Waals surface area contributed by atoms with E-state index in [1.165, 1.54) is 30.5 Å². The first-order valence-corrected chi connectivity index (χ1v) is 6.99. The Kier molecular flexibility index (Phi) is 4.93. The summed E-state index contributed by atoms with van der Waals surface area (Å²) in [5, 5.41) is 3.21. The van der Waals surface area contributed by atoms with Gasteiger partial charge in [-0.15, -0.1) is 0 Å². The number of aryl methyl sites for hydroxylation is 1. The Morgan fingerprint density at radius 3 is 2.78 bits per heavy atom. The highest BCUT2D eigenvalue weighted by Crippen LogP contribution is 2.24. The summed E-state index contributed by atoms with van der Waals surface area (Å²) in [5.74, 6) is 1.81. The lowest BCUT2D eigenvalue weighted by molar-refractivity contribution is 0.116. The zero-order valence-corrected chi connectivity index (χ0v) is 11.5. The van der Waals surface area contributed by atoms with Crippen LogP contribution in [-0.2, 0) is 24.2 Å². The summed E-state index contributed by atoms with van der Waals surface area (Å²) >= 11 is 0. The van der Waals surface area contributed by atoms with E-state index in [0.29, 0.717) is 6.61 Å². The number of nitrogens with one attached hydrogen (secondary N) is 1. The minimum absolute atomic E-state index is 0.524. The third kappa shape index (κ3) is 3.19. The summed E-state index contributed by atoms with van der Waals surface area (Å²) in [7, 11) is 1.93. The van der Waals surface area contributed by atoms with Crippen LogP contribution in [0, 0.1) is 0 Å². The molecule has 0 saturated carbocycles. The summed E-state index contributed by atoms with van der Waals surface area (Å²) in [6.07, 6.45) is 6.99. The van der Waals surface area contributed by atoms with Gasteiger partial charge in [0.2, 0.25) is 0 Å². The van der Waals surface area contributed by atoms with E-state index in [4.69, 9.17) is 4.74 Å². The largest absolute Gasteiger partial charge is 0.373 e. The van der Waals surface area contributed by atoms with Gasteiger partial charge in [0.05, 0.1) is 0 Å². The van der Waals surface area contributed by atoms with Crippen molar-refractivity contribution in [3.63, 3.8) is 0 Å². The normalized spacial score (nSPS) is 15.0. The van der Waals surface area contributed by atoms with Crippen LogP contribution in [0.4, 0.5) is 5.82 Å². The SMILES string of the molecule is CCCOCc1nc2c(c(NC)n1)CCCCC2. The van der Waals surface area contributed by atoms with Gasteiger partial charge in [0.25, 0.3) is 0 Å². The molecule has 0 aromatic carbocycles. The molecule has 0 spiro atoms. The first kappa shape index (κ1) is 13.3. The molecule has 1 aromatic heterocycles. The van der Waals surface area contributed by atoms with Gasteiger partial charge in [-0.2, -0.15) is 0 Å². The summed E-state index contributed by atoms with van der Waals surface area (Å²) in [6.45, 7) is 3.40. The minimum atomic E-state index is 0.524. The van der Waals surface area contributed by atoms with Crippen LogP contribution in [0.25, 0.3) is 0 Å². The number of rotatable bonds is 5. The van der Waals surface area contributed by atoms with Crippen LogP contribution in [0.15, 0.2) is 0 Å². The summed E-state index contributed by atoms with van der Waals surface area (Å²) in [6, 6.07) is 0. The minimum Gasteiger partial charge on any atom is -0.373 e. The topological polar surface area (TPSA) is 47.0 Å². The van der Waals surface area contributed by atoms with Gasteiger partial charge < -0.3 is 10.1 Å². The molecule has 0 radical (unpaired) electrons. The third-order valence-corrected chi connectivity index (χ3v) is 3.30. The van der Waals surface area contributed by atoms with E-state index < -0.39 is 0 Å². The smallest absolute Gasteiger partial charge is 0.156 e. The standard InChI is InChI=1S/C14H23N3O/c1-3-9-18-10-13-16-12-8-6-4-5-7-11(12)14(15-2)17-13/h3-10H2,1-2H3,(H,15,16,17). The highest BCUT2D eigenvalue weighted by Gasteiger charge is 2.15. The Bertz CT molecular complexity index is 393. The quantitative estimate of drug-likeness (QED) is 0.644. The number of ether oxygens (including phenoxy) is 1. The second kappa shape index (κ2) is 6.69. The maximum Gasteiger partial charge on any atom is 0.156 e. The Labute approximate surface area is 109 Å². The molecular formula is C14H23N3O. The van der Waals surface area contributed by atoms with Crippen LogP contribution in [0.3, 0.4) is 0 Å². The predicted octanol–water partition coefficient (Wildman–Crippen LogP) is 2.71. The Hall–Kier alpha value is -1.16. The lowest BCUT2D eigenvalue weighted by atomic mass is 10.1. The van der Waals surface area contributed by atoms with Crippen LogP contribution < -0.4 is 5.32 Å². The lowest BCUT2D eigenvalue weighted by Gasteiger charge is -2.12. The van der Waals surface area contributed by atoms with Crippen molar-refractivity contribution in [1.29, 1.82) is 0 Å². The van der Waals surface area contributed by atoms with Crippen molar-refractivity contribution in [3.05, 3.63) is 17.1 Å². The second-order valence-corrected chi connectivity index (χ2v) is 4.78. The summed E-state index contributed by atoms with van der Waals surface area (Å²) in [5.41, 5.74) is 2.54. The molecule has 1 aliphatic carbocycles. The van der Waals surface area contributed by atoms with Crippen molar-refractivity contribution < 1.29 is 4.74 Å². The molecule has 1 aliphatic rings. The van der Waals surface area contributed by atoms with Crippen LogP contribution in [-0.4, -0.2) is 23.6 Å². The molecular weight excluding hydrogens is 226 g/mol. The first-order valence-electron chi connectivity index (χ1n) is 6.99. The van der Waals surface area contributed by atoms with Crippen molar-refractivity contribution in [1.82, 2.24) is 9.97 Å². The van der Waals surface area contributed by atoms with E-state index in [0.717, 1.165) is 37.5 Å². The lowest BCUT2D eigenvalue weighted by Crippen LogP contribution is -2.10. The van der Waals surface area contributed by atoms with Crippen molar-refractivity contribution in [3.8, 4) is 0 Å². The molecule has 0 fully saturated rings. The second-order valence-electron chi connectivity index (χ2n) is 4.78. The molecule has 0 saturated heterocycles. The molecule has 2 rings (SSSR count). The van der Waals surface area contributed by atoms with E-state index in [9.17, 15) is 0 Å². The highest BCUT2D eigenvalue weighted by atomic mass is 16.5. The van der Waals surface area contributed by atoms with E-state index in [2.05, 4.69) is 22.2 Å². The summed E-state index contributed by atoms with van der Waals surface area (Å²) in [4.78, 5) is 9.25. The van der Waals surface area contributed by atoms with Gasteiger partial charge in [-0.1, -0.05) is 13.3 Å². The number of aromatic nitrogens is 2. The molecule has 0 atom stereocenters. The van der Waals surface area contributed by atoms with Crippen LogP contribution in [0.2, 0.25) is 0 Å². The van der Waals surface area contributed by atoms with Crippen LogP contribution >= 0.6 is 0 Å². The Balaban J connectivity index is 2.19. The molecule has 1 aromatic rings. The van der Waals surface area contributed by atoms with Crippen molar-refractivity contribution in [2.24, 2.45) is 0 Å². The third-order valence-electron chi connectivity index (χ3n) is 3.30. The van der Waals surface area contributed by atoms with Gasteiger partial charge in [0.1, 0.15) is 12.4 Å². The average molecular weight is 249 g/mol. The molecule has 1 N–H and O–H groups in total. The number of anilines is 1. The van der Waals surface area contributed by atoms with Gasteiger partial charge >= 0.3 is 0 Å². The van der Waals surface area contributed by atoms with E-state index in [1.807, 2.05) is 7.05 Å². The van der Waals surface area contributed by atoms with Gasteiger partial charge in [-0.3, -0.25) is 0 Å². The van der Waals surface area contributed by atoms with Crippen LogP contribution in [0.1, 0.15) is 49.7 Å². The van der Waals surface area contributed by atoms with Gasteiger partial charge in [0.15, 0.2) is 5.82 Å². The molecule has 4 heteroatoms. The molecule has 0 amide bonds. The van der Waals surface area contributed by atoms with Gasteiger partial charge in [0, 0.05) is 24.9 Å². The molecule has 1 heterocycles. The van der Waals surface area contributed by atoms with Crippen molar-refractivity contribution in [2.75, 3.05) is 19.0 Å². The number of nitrogens with zero attached hydrogens (tertiary/aromatic N) is 2. The van der Waals surface area contributed by atoms with Crippen molar-refractivity contribution in [2.45, 2.75) is 52.1 Å². The van der Waals surface area contributed by atoms with E-state index >= 15 is 0 Å². The molecule has 100 valence electrons. The van der Waals surface area contributed by atoms with Gasteiger partial charge in [-0.05, 0) is 32.1 Å². The van der Waals surface area contributed by atoms with Crippen LogP contribution in [0.5, 0.6) is 0 Å². The number of fused-ring (bicyclic) bond motifs is 1. The first-order chi connectivity index (χ1) is 8.85. The zero-order chi connectivity index (χ0) is 12.8. The average Bonchev–Trinajstić information content (AvgIpc) is 2.63. The molecule has 0 aliphatic heterocycles. The highest BCUT2D eigenvalue weighted by molar-refractivity contribution is 5.46. The van der Waals surface area contributed by atoms with Gasteiger partial charge in [-0.25, -0.2) is 9.97 Å². The zero-order valence-electron chi connectivity index (χ0n) is 11.5. The maximum atomic E-state index is 5.54. The fourth-order valence-corrected chi connectivity index (χ4v) is 2.40. The molecule has 18 heavy (non-hydrogen) atoms. The number of hydrogen-bond donors (Lipinski definition) is 1. The van der Waals surface area contributed by atoms with Crippen molar-refractivity contribution >= 4 is 5.82 Å². The predicted molar refractivity (Wildman–Crippen MR) is 72.8 cm³/mol. The fourth-order valence-electron chi connectivity index (χ4n) is 2.40. The Morgan fingerprint density at radius 1 is 1.17 bits per heavy atom. The maximum absolute atomic E-state index is 5.54. The van der Waals surface area contributed by atoms with E-state index in [-0.39, 0.29) is 0 Å². The summed E-state index contributed by atoms with van der Waals surface area (Å²) < 4.78 is 5.54. The van der Waals surface area contributed by atoms with E-state index in [1.54, 1.807) is 0 Å². The molecule has 0 bridgehead atoms.